The lowest BCUT2D eigenvalue weighted by molar-refractivity contribution is -0.124. The van der Waals surface area contributed by atoms with Crippen LogP contribution in [0.2, 0.25) is 0 Å². The molecule has 0 unspecified atom stereocenters. The van der Waals surface area contributed by atoms with Crippen LogP contribution >= 0.6 is 0 Å². The highest BCUT2D eigenvalue weighted by atomic mass is 16.5. The molecule has 1 fully saturated rings. The van der Waals surface area contributed by atoms with Gasteiger partial charge in [0.05, 0.1) is 6.61 Å². The minimum Gasteiger partial charge on any atom is -0.494 e. The van der Waals surface area contributed by atoms with Crippen molar-refractivity contribution in [1.29, 1.82) is 0 Å². The zero-order valence-corrected chi connectivity index (χ0v) is 10.0. The minimum atomic E-state index is -0.232. The van der Waals surface area contributed by atoms with Gasteiger partial charge in [0.1, 0.15) is 11.8 Å². The van der Waals surface area contributed by atoms with Crippen LogP contribution in [-0.4, -0.2) is 25.6 Å². The predicted molar refractivity (Wildman–Crippen MR) is 66.0 cm³/mol. The van der Waals surface area contributed by atoms with E-state index in [4.69, 9.17) is 4.74 Å². The second kappa shape index (κ2) is 5.68. The zero-order valence-electron chi connectivity index (χ0n) is 10.0. The van der Waals surface area contributed by atoms with E-state index in [1.807, 2.05) is 24.3 Å². The molecule has 0 saturated carbocycles. The van der Waals surface area contributed by atoms with Gasteiger partial charge in [-0.1, -0.05) is 19.1 Å². The van der Waals surface area contributed by atoms with Gasteiger partial charge in [-0.25, -0.2) is 0 Å². The molecule has 1 aromatic carbocycles. The van der Waals surface area contributed by atoms with Gasteiger partial charge in [0.25, 0.3) is 0 Å². The zero-order chi connectivity index (χ0) is 12.1. The van der Waals surface area contributed by atoms with Gasteiger partial charge in [0, 0.05) is 13.1 Å². The Morgan fingerprint density at radius 2 is 2.06 bits per heavy atom. The van der Waals surface area contributed by atoms with Gasteiger partial charge in [-0.3, -0.25) is 4.79 Å². The molecule has 1 aromatic rings. The molecule has 0 radical (unpaired) electrons. The summed E-state index contributed by atoms with van der Waals surface area (Å²) in [6.45, 7) is 4.31. The molecule has 2 N–H and O–H groups in total. The first-order valence-corrected chi connectivity index (χ1v) is 6.05. The van der Waals surface area contributed by atoms with Crippen molar-refractivity contribution in [3.8, 4) is 5.75 Å². The van der Waals surface area contributed by atoms with E-state index in [9.17, 15) is 4.79 Å². The fourth-order valence-corrected chi connectivity index (χ4v) is 1.84. The quantitative estimate of drug-likeness (QED) is 0.824. The number of ether oxygens (including phenoxy) is 1. The van der Waals surface area contributed by atoms with E-state index >= 15 is 0 Å². The number of nitrogens with one attached hydrogen (secondary N) is 2. The first kappa shape index (κ1) is 11.9. The topological polar surface area (TPSA) is 50.4 Å². The smallest absolute Gasteiger partial charge is 0.241 e. The van der Waals surface area contributed by atoms with E-state index in [2.05, 4.69) is 17.6 Å². The molecule has 1 aliphatic rings. The molecule has 1 saturated heterocycles. The lowest BCUT2D eigenvalue weighted by Crippen LogP contribution is -2.47. The fourth-order valence-electron chi connectivity index (χ4n) is 1.84. The number of hydrogen-bond donors (Lipinski definition) is 2. The van der Waals surface area contributed by atoms with Crippen molar-refractivity contribution < 1.29 is 9.53 Å². The van der Waals surface area contributed by atoms with Crippen LogP contribution in [-0.2, 0) is 4.79 Å². The lowest BCUT2D eigenvalue weighted by atomic mass is 10.0. The Bertz CT molecular complexity index is 376. The Morgan fingerprint density at radius 1 is 1.29 bits per heavy atom. The summed E-state index contributed by atoms with van der Waals surface area (Å²) in [5, 5.41) is 6.04. The van der Waals surface area contributed by atoms with E-state index in [0.717, 1.165) is 30.9 Å². The molecule has 0 spiro atoms. The normalized spacial score (nSPS) is 19.8. The second-order valence-electron chi connectivity index (χ2n) is 4.10. The van der Waals surface area contributed by atoms with E-state index in [-0.39, 0.29) is 11.9 Å². The highest BCUT2D eigenvalue weighted by molar-refractivity contribution is 5.83. The molecule has 4 nitrogen and oxygen atoms in total. The highest BCUT2D eigenvalue weighted by Gasteiger charge is 2.22. The van der Waals surface area contributed by atoms with Crippen LogP contribution in [0.5, 0.6) is 5.75 Å². The SMILES string of the molecule is CCCOc1ccc([C@@H]2NCCNC2=O)cc1. The molecule has 0 aliphatic carbocycles. The van der Waals surface area contributed by atoms with Crippen LogP contribution < -0.4 is 15.4 Å². The van der Waals surface area contributed by atoms with Crippen molar-refractivity contribution in [1.82, 2.24) is 10.6 Å². The summed E-state index contributed by atoms with van der Waals surface area (Å²) in [7, 11) is 0. The van der Waals surface area contributed by atoms with E-state index in [0.29, 0.717) is 6.54 Å². The van der Waals surface area contributed by atoms with Gasteiger partial charge in [0.2, 0.25) is 5.91 Å². The van der Waals surface area contributed by atoms with Gasteiger partial charge in [0.15, 0.2) is 0 Å². The predicted octanol–water partition coefficient (Wildman–Crippen LogP) is 1.24. The molecular weight excluding hydrogens is 216 g/mol. The Kier molecular flexibility index (Phi) is 3.98. The van der Waals surface area contributed by atoms with Crippen LogP contribution in [0.4, 0.5) is 0 Å². The van der Waals surface area contributed by atoms with Crippen LogP contribution in [0, 0.1) is 0 Å². The Morgan fingerprint density at radius 3 is 2.71 bits per heavy atom. The number of amides is 1. The molecule has 1 atom stereocenters. The maximum Gasteiger partial charge on any atom is 0.241 e. The molecule has 17 heavy (non-hydrogen) atoms. The fraction of sp³-hybridized carbons (Fsp3) is 0.462. The minimum absolute atomic E-state index is 0.0403. The third kappa shape index (κ3) is 2.97. The van der Waals surface area contributed by atoms with Crippen molar-refractivity contribution in [2.24, 2.45) is 0 Å². The summed E-state index contributed by atoms with van der Waals surface area (Å²) in [6, 6.07) is 7.47. The molecule has 2 rings (SSSR count). The van der Waals surface area contributed by atoms with E-state index < -0.39 is 0 Å². The largest absolute Gasteiger partial charge is 0.494 e. The molecule has 1 amide bonds. The highest BCUT2D eigenvalue weighted by Crippen LogP contribution is 2.19. The first-order chi connectivity index (χ1) is 8.31. The van der Waals surface area contributed by atoms with Crippen molar-refractivity contribution in [3.05, 3.63) is 29.8 Å². The number of benzene rings is 1. The maximum absolute atomic E-state index is 11.6. The van der Waals surface area contributed by atoms with Crippen molar-refractivity contribution in [2.45, 2.75) is 19.4 Å². The lowest BCUT2D eigenvalue weighted by Gasteiger charge is -2.23. The van der Waals surface area contributed by atoms with Gasteiger partial charge in [-0.15, -0.1) is 0 Å². The number of carbonyl (C=O) groups excluding carboxylic acids is 1. The van der Waals surface area contributed by atoms with Crippen molar-refractivity contribution in [2.75, 3.05) is 19.7 Å². The van der Waals surface area contributed by atoms with E-state index in [1.54, 1.807) is 0 Å². The third-order valence-corrected chi connectivity index (χ3v) is 2.72. The Hall–Kier alpha value is -1.55. The van der Waals surface area contributed by atoms with Crippen molar-refractivity contribution in [3.63, 3.8) is 0 Å². The third-order valence-electron chi connectivity index (χ3n) is 2.72. The Labute approximate surface area is 101 Å². The molecule has 0 bridgehead atoms. The molecular formula is C13H18N2O2. The number of piperazine rings is 1. The summed E-state index contributed by atoms with van der Waals surface area (Å²) in [5.41, 5.74) is 0.978. The number of rotatable bonds is 4. The molecule has 92 valence electrons. The summed E-state index contributed by atoms with van der Waals surface area (Å²) in [5.74, 6) is 0.894. The molecule has 1 heterocycles. The molecule has 4 heteroatoms. The monoisotopic (exact) mass is 234 g/mol. The van der Waals surface area contributed by atoms with Gasteiger partial charge < -0.3 is 15.4 Å². The van der Waals surface area contributed by atoms with Crippen LogP contribution in [0.3, 0.4) is 0 Å². The van der Waals surface area contributed by atoms with Gasteiger partial charge in [-0.05, 0) is 24.1 Å². The Balaban J connectivity index is 2.03. The summed E-state index contributed by atoms with van der Waals surface area (Å²) in [6.07, 6.45) is 0.994. The standard InChI is InChI=1S/C13H18N2O2/c1-2-9-17-11-5-3-10(4-6-11)12-13(16)15-8-7-14-12/h3-6,12,14H,2,7-9H2,1H3,(H,15,16)/t12-/m0/s1. The van der Waals surface area contributed by atoms with E-state index in [1.165, 1.54) is 0 Å². The number of hydrogen-bond acceptors (Lipinski definition) is 3. The summed E-state index contributed by atoms with van der Waals surface area (Å²) in [4.78, 5) is 11.6. The second-order valence-corrected chi connectivity index (χ2v) is 4.10. The number of carbonyl (C=O) groups is 1. The molecule has 0 aromatic heterocycles. The average molecular weight is 234 g/mol. The summed E-state index contributed by atoms with van der Waals surface area (Å²) < 4.78 is 5.50. The first-order valence-electron chi connectivity index (χ1n) is 6.05. The molecule has 1 aliphatic heterocycles. The van der Waals surface area contributed by atoms with Crippen LogP contribution in [0.1, 0.15) is 24.9 Å². The van der Waals surface area contributed by atoms with Gasteiger partial charge >= 0.3 is 0 Å². The van der Waals surface area contributed by atoms with Gasteiger partial charge in [-0.2, -0.15) is 0 Å². The van der Waals surface area contributed by atoms with Crippen LogP contribution in [0.25, 0.3) is 0 Å². The van der Waals surface area contributed by atoms with Crippen LogP contribution in [0.15, 0.2) is 24.3 Å². The summed E-state index contributed by atoms with van der Waals surface area (Å²) >= 11 is 0. The van der Waals surface area contributed by atoms with Crippen molar-refractivity contribution >= 4 is 5.91 Å². The average Bonchev–Trinajstić information content (AvgIpc) is 2.38. The maximum atomic E-state index is 11.6.